The van der Waals surface area contributed by atoms with Gasteiger partial charge in [-0.3, -0.25) is 0 Å². The van der Waals surface area contributed by atoms with Gasteiger partial charge in [-0.2, -0.15) is 4.98 Å². The Bertz CT molecular complexity index is 617. The average molecular weight is 274 g/mol. The Hall–Kier alpha value is -2.21. The zero-order chi connectivity index (χ0) is 13.9. The second-order valence-corrected chi connectivity index (χ2v) is 4.58. The molecule has 1 unspecified atom stereocenters. The fourth-order valence-corrected chi connectivity index (χ4v) is 2.07. The maximum absolute atomic E-state index is 12.2. The Morgan fingerprint density at radius 1 is 1.40 bits per heavy atom. The summed E-state index contributed by atoms with van der Waals surface area (Å²) in [5.41, 5.74) is 1.00. The number of ether oxygens (including phenoxy) is 2. The van der Waals surface area contributed by atoms with Crippen molar-refractivity contribution in [2.24, 2.45) is 0 Å². The number of carbonyl (C=O) groups excluding carboxylic acids is 1. The van der Waals surface area contributed by atoms with Crippen molar-refractivity contribution in [2.75, 3.05) is 13.2 Å². The number of aromatic nitrogens is 2. The molecular formula is C14H14N2O4. The monoisotopic (exact) mass is 274 g/mol. The maximum atomic E-state index is 12.2. The third-order valence-electron chi connectivity index (χ3n) is 3.07. The highest BCUT2D eigenvalue weighted by atomic mass is 16.6. The molecule has 1 saturated heterocycles. The summed E-state index contributed by atoms with van der Waals surface area (Å²) in [7, 11) is 0. The van der Waals surface area contributed by atoms with Crippen molar-refractivity contribution >= 4 is 5.97 Å². The lowest BCUT2D eigenvalue weighted by molar-refractivity contribution is 0.0271. The lowest BCUT2D eigenvalue weighted by Gasteiger charge is -2.11. The van der Waals surface area contributed by atoms with Gasteiger partial charge in [-0.25, -0.2) is 4.79 Å². The summed E-state index contributed by atoms with van der Waals surface area (Å²) in [4.78, 5) is 16.4. The highest BCUT2D eigenvalue weighted by Crippen LogP contribution is 2.23. The van der Waals surface area contributed by atoms with Crippen LogP contribution >= 0.6 is 0 Å². The molecule has 0 amide bonds. The van der Waals surface area contributed by atoms with Crippen LogP contribution in [0.5, 0.6) is 0 Å². The van der Waals surface area contributed by atoms with Gasteiger partial charge in [0.1, 0.15) is 6.10 Å². The highest BCUT2D eigenvalue weighted by Gasteiger charge is 2.23. The minimum atomic E-state index is -0.396. The van der Waals surface area contributed by atoms with E-state index in [-0.39, 0.29) is 6.10 Å². The number of esters is 1. The molecule has 1 aliphatic rings. The Morgan fingerprint density at radius 2 is 2.25 bits per heavy atom. The number of hydrogen-bond donors (Lipinski definition) is 0. The Labute approximate surface area is 115 Å². The van der Waals surface area contributed by atoms with E-state index in [0.717, 1.165) is 6.42 Å². The zero-order valence-corrected chi connectivity index (χ0v) is 11.0. The quantitative estimate of drug-likeness (QED) is 0.797. The van der Waals surface area contributed by atoms with Gasteiger partial charge in [-0.1, -0.05) is 17.3 Å². The van der Waals surface area contributed by atoms with E-state index < -0.39 is 5.97 Å². The summed E-state index contributed by atoms with van der Waals surface area (Å²) >= 11 is 0. The van der Waals surface area contributed by atoms with Crippen molar-refractivity contribution in [3.63, 3.8) is 0 Å². The first-order valence-electron chi connectivity index (χ1n) is 6.42. The summed E-state index contributed by atoms with van der Waals surface area (Å²) in [5.74, 6) is 0.442. The lowest BCUT2D eigenvalue weighted by Crippen LogP contribution is -2.18. The predicted molar refractivity (Wildman–Crippen MR) is 69.1 cm³/mol. The smallest absolute Gasteiger partial charge is 0.339 e. The van der Waals surface area contributed by atoms with Gasteiger partial charge >= 0.3 is 5.97 Å². The van der Waals surface area contributed by atoms with Crippen LogP contribution in [0.2, 0.25) is 0 Å². The molecular weight excluding hydrogens is 260 g/mol. The largest absolute Gasteiger partial charge is 0.456 e. The first-order chi connectivity index (χ1) is 9.74. The molecule has 1 aromatic heterocycles. The van der Waals surface area contributed by atoms with Crippen LogP contribution in [0.3, 0.4) is 0 Å². The van der Waals surface area contributed by atoms with Gasteiger partial charge in [0.05, 0.1) is 24.3 Å². The number of rotatable bonds is 3. The highest BCUT2D eigenvalue weighted by molar-refractivity contribution is 5.96. The Morgan fingerprint density at radius 3 is 2.95 bits per heavy atom. The number of nitrogens with zero attached hydrogens (tertiary/aromatic N) is 2. The molecule has 1 fully saturated rings. The minimum absolute atomic E-state index is 0.181. The topological polar surface area (TPSA) is 74.5 Å². The molecule has 20 heavy (non-hydrogen) atoms. The van der Waals surface area contributed by atoms with Gasteiger partial charge in [0, 0.05) is 6.42 Å². The summed E-state index contributed by atoms with van der Waals surface area (Å²) in [5, 5.41) is 3.74. The van der Waals surface area contributed by atoms with Crippen molar-refractivity contribution in [3.8, 4) is 11.5 Å². The van der Waals surface area contributed by atoms with E-state index in [2.05, 4.69) is 10.1 Å². The van der Waals surface area contributed by atoms with E-state index in [4.69, 9.17) is 14.0 Å². The molecule has 0 bridgehead atoms. The molecule has 1 atom stereocenters. The van der Waals surface area contributed by atoms with Crippen LogP contribution in [0, 0.1) is 6.92 Å². The number of hydrogen-bond acceptors (Lipinski definition) is 6. The molecule has 1 aliphatic heterocycles. The van der Waals surface area contributed by atoms with Crippen molar-refractivity contribution < 1.29 is 18.8 Å². The fraction of sp³-hybridized carbons (Fsp3) is 0.357. The molecule has 0 radical (unpaired) electrons. The zero-order valence-electron chi connectivity index (χ0n) is 11.0. The van der Waals surface area contributed by atoms with Crippen molar-refractivity contribution in [1.29, 1.82) is 0 Å². The van der Waals surface area contributed by atoms with Crippen LogP contribution in [0.25, 0.3) is 11.5 Å². The van der Waals surface area contributed by atoms with E-state index in [1.165, 1.54) is 0 Å². The molecule has 3 rings (SSSR count). The van der Waals surface area contributed by atoms with Gasteiger partial charge in [0.25, 0.3) is 5.89 Å². The van der Waals surface area contributed by atoms with Gasteiger partial charge in [-0.05, 0) is 19.1 Å². The van der Waals surface area contributed by atoms with E-state index in [0.29, 0.717) is 36.1 Å². The molecule has 6 heteroatoms. The minimum Gasteiger partial charge on any atom is -0.456 e. The van der Waals surface area contributed by atoms with Crippen LogP contribution in [0.15, 0.2) is 28.8 Å². The predicted octanol–water partition coefficient (Wildman–Crippen LogP) is 1.99. The molecule has 0 N–H and O–H groups in total. The Balaban J connectivity index is 1.87. The standard InChI is InChI=1S/C14H14N2O4/c1-9-15-13(20-16-9)11-4-2-3-5-12(11)14(17)19-10-6-7-18-8-10/h2-5,10H,6-8H2,1H3. The molecule has 6 nitrogen and oxygen atoms in total. The molecule has 0 aliphatic carbocycles. The molecule has 104 valence electrons. The van der Waals surface area contributed by atoms with E-state index in [1.807, 2.05) is 6.07 Å². The van der Waals surface area contributed by atoms with Crippen LogP contribution in [0.4, 0.5) is 0 Å². The van der Waals surface area contributed by atoms with Gasteiger partial charge in [-0.15, -0.1) is 0 Å². The maximum Gasteiger partial charge on any atom is 0.339 e. The molecule has 2 heterocycles. The van der Waals surface area contributed by atoms with Gasteiger partial charge < -0.3 is 14.0 Å². The van der Waals surface area contributed by atoms with Crippen LogP contribution in [-0.4, -0.2) is 35.4 Å². The second-order valence-electron chi connectivity index (χ2n) is 4.58. The summed E-state index contributed by atoms with van der Waals surface area (Å²) < 4.78 is 15.7. The first kappa shape index (κ1) is 12.8. The number of carbonyl (C=O) groups is 1. The SMILES string of the molecule is Cc1noc(-c2ccccc2C(=O)OC2CCOC2)n1. The molecule has 0 spiro atoms. The number of aryl methyl sites for hydroxylation is 1. The van der Waals surface area contributed by atoms with Crippen molar-refractivity contribution in [2.45, 2.75) is 19.4 Å². The molecule has 2 aromatic rings. The Kier molecular flexibility index (Phi) is 3.47. The fourth-order valence-electron chi connectivity index (χ4n) is 2.07. The summed E-state index contributed by atoms with van der Waals surface area (Å²) in [6.07, 6.45) is 0.549. The summed E-state index contributed by atoms with van der Waals surface area (Å²) in [6, 6.07) is 7.03. The lowest BCUT2D eigenvalue weighted by atomic mass is 10.1. The van der Waals surface area contributed by atoms with Gasteiger partial charge in [0.2, 0.25) is 0 Å². The van der Waals surface area contributed by atoms with Crippen LogP contribution in [0.1, 0.15) is 22.6 Å². The third kappa shape index (κ3) is 2.55. The number of benzene rings is 1. The van der Waals surface area contributed by atoms with Crippen LogP contribution in [-0.2, 0) is 9.47 Å². The second kappa shape index (κ2) is 5.42. The average Bonchev–Trinajstić information content (AvgIpc) is 3.10. The summed E-state index contributed by atoms with van der Waals surface area (Å²) in [6.45, 7) is 2.81. The van der Waals surface area contributed by atoms with E-state index in [1.54, 1.807) is 25.1 Å². The van der Waals surface area contributed by atoms with Gasteiger partial charge in [0.15, 0.2) is 5.82 Å². The van der Waals surface area contributed by atoms with E-state index >= 15 is 0 Å². The first-order valence-corrected chi connectivity index (χ1v) is 6.42. The normalized spacial score (nSPS) is 18.1. The van der Waals surface area contributed by atoms with Crippen LogP contribution < -0.4 is 0 Å². The van der Waals surface area contributed by atoms with Crippen molar-refractivity contribution in [1.82, 2.24) is 10.1 Å². The van der Waals surface area contributed by atoms with E-state index in [9.17, 15) is 4.79 Å². The molecule has 0 saturated carbocycles. The van der Waals surface area contributed by atoms with Crippen molar-refractivity contribution in [3.05, 3.63) is 35.7 Å². The molecule has 1 aromatic carbocycles. The third-order valence-corrected chi connectivity index (χ3v) is 3.07.